The smallest absolute Gasteiger partial charge is 0.314 e. The summed E-state index contributed by atoms with van der Waals surface area (Å²) in [5.74, 6) is 0.364. The Morgan fingerprint density at radius 2 is 1.66 bits per heavy atom. The standard InChI is InChI=1S/C23H21N5O3S/c1-27-22(26-32(30,31)21-13-7-9-16-8-5-6-12-18(16)21)19-14-28(15-20(19)25-27)23(29)24-17-10-3-2-4-11-17/h2-13,26H,14-15H2,1H3,(H,24,29). The van der Waals surface area contributed by atoms with Gasteiger partial charge in [-0.25, -0.2) is 13.2 Å². The highest BCUT2D eigenvalue weighted by Crippen LogP contribution is 2.32. The molecule has 0 atom stereocenters. The molecule has 8 nitrogen and oxygen atoms in total. The molecule has 4 aromatic rings. The normalized spacial score (nSPS) is 13.2. The van der Waals surface area contributed by atoms with E-state index in [4.69, 9.17) is 0 Å². The summed E-state index contributed by atoms with van der Waals surface area (Å²) in [6, 6.07) is 21.4. The SMILES string of the molecule is Cn1nc2c(c1NS(=O)(=O)c1cccc3ccccc13)CN(C(=O)Nc1ccccc1)C2. The van der Waals surface area contributed by atoms with E-state index in [-0.39, 0.29) is 17.5 Å². The molecule has 0 saturated heterocycles. The zero-order chi connectivity index (χ0) is 22.3. The zero-order valence-electron chi connectivity index (χ0n) is 17.3. The van der Waals surface area contributed by atoms with E-state index < -0.39 is 10.0 Å². The van der Waals surface area contributed by atoms with E-state index in [1.807, 2.05) is 54.6 Å². The van der Waals surface area contributed by atoms with E-state index in [0.717, 1.165) is 5.39 Å². The molecule has 1 aromatic heterocycles. The summed E-state index contributed by atoms with van der Waals surface area (Å²) in [4.78, 5) is 14.5. The molecular weight excluding hydrogens is 426 g/mol. The summed E-state index contributed by atoms with van der Waals surface area (Å²) in [6.07, 6.45) is 0. The third kappa shape index (κ3) is 3.56. The molecule has 9 heteroatoms. The van der Waals surface area contributed by atoms with Crippen molar-refractivity contribution in [2.75, 3.05) is 10.0 Å². The van der Waals surface area contributed by atoms with Crippen LogP contribution in [0.15, 0.2) is 77.7 Å². The molecule has 5 rings (SSSR count). The van der Waals surface area contributed by atoms with Gasteiger partial charge in [-0.2, -0.15) is 5.10 Å². The van der Waals surface area contributed by atoms with Gasteiger partial charge in [0.1, 0.15) is 5.82 Å². The maximum Gasteiger partial charge on any atom is 0.322 e. The lowest BCUT2D eigenvalue weighted by Crippen LogP contribution is -2.31. The third-order valence-corrected chi connectivity index (χ3v) is 6.90. The predicted molar refractivity (Wildman–Crippen MR) is 123 cm³/mol. The number of anilines is 2. The van der Waals surface area contributed by atoms with Gasteiger partial charge in [-0.05, 0) is 23.6 Å². The molecule has 0 aliphatic carbocycles. The van der Waals surface area contributed by atoms with Crippen molar-refractivity contribution in [2.24, 2.45) is 7.05 Å². The Morgan fingerprint density at radius 1 is 0.938 bits per heavy atom. The number of hydrogen-bond donors (Lipinski definition) is 2. The number of aromatic nitrogens is 2. The van der Waals surface area contributed by atoms with Crippen molar-refractivity contribution in [3.63, 3.8) is 0 Å². The van der Waals surface area contributed by atoms with Crippen LogP contribution < -0.4 is 10.0 Å². The number of para-hydroxylation sites is 1. The fraction of sp³-hybridized carbons (Fsp3) is 0.130. The van der Waals surface area contributed by atoms with Gasteiger partial charge in [0.15, 0.2) is 0 Å². The zero-order valence-corrected chi connectivity index (χ0v) is 18.1. The van der Waals surface area contributed by atoms with Crippen molar-refractivity contribution in [3.8, 4) is 0 Å². The first-order chi connectivity index (χ1) is 15.4. The van der Waals surface area contributed by atoms with Crippen molar-refractivity contribution in [1.29, 1.82) is 0 Å². The number of urea groups is 1. The average molecular weight is 448 g/mol. The van der Waals surface area contributed by atoms with Crippen LogP contribution in [0.3, 0.4) is 0 Å². The van der Waals surface area contributed by atoms with Crippen molar-refractivity contribution in [3.05, 3.63) is 84.1 Å². The molecule has 32 heavy (non-hydrogen) atoms. The number of fused-ring (bicyclic) bond motifs is 2. The van der Waals surface area contributed by atoms with Gasteiger partial charge < -0.3 is 10.2 Å². The highest BCUT2D eigenvalue weighted by molar-refractivity contribution is 7.93. The van der Waals surface area contributed by atoms with E-state index in [9.17, 15) is 13.2 Å². The molecule has 0 saturated carbocycles. The minimum Gasteiger partial charge on any atom is -0.314 e. The average Bonchev–Trinajstić information content (AvgIpc) is 3.32. The van der Waals surface area contributed by atoms with Crippen LogP contribution in [-0.2, 0) is 30.2 Å². The summed E-state index contributed by atoms with van der Waals surface area (Å²) in [5.41, 5.74) is 2.06. The molecule has 0 radical (unpaired) electrons. The topological polar surface area (TPSA) is 96.3 Å². The molecule has 0 fully saturated rings. The first-order valence-electron chi connectivity index (χ1n) is 10.1. The largest absolute Gasteiger partial charge is 0.322 e. The molecular formula is C23H21N5O3S. The maximum atomic E-state index is 13.3. The summed E-state index contributed by atoms with van der Waals surface area (Å²) >= 11 is 0. The Bertz CT molecular complexity index is 1430. The van der Waals surface area contributed by atoms with Gasteiger partial charge in [-0.15, -0.1) is 0 Å². The number of sulfonamides is 1. The second-order valence-electron chi connectivity index (χ2n) is 7.63. The van der Waals surface area contributed by atoms with Gasteiger partial charge in [0.25, 0.3) is 10.0 Å². The first-order valence-corrected chi connectivity index (χ1v) is 11.6. The van der Waals surface area contributed by atoms with E-state index in [1.54, 1.807) is 30.1 Å². The number of amides is 2. The molecule has 3 aromatic carbocycles. The fourth-order valence-electron chi connectivity index (χ4n) is 3.95. The number of rotatable bonds is 4. The van der Waals surface area contributed by atoms with E-state index in [1.165, 1.54) is 4.68 Å². The van der Waals surface area contributed by atoms with Crippen molar-refractivity contribution in [2.45, 2.75) is 18.0 Å². The fourth-order valence-corrected chi connectivity index (χ4v) is 5.30. The minimum absolute atomic E-state index is 0.197. The lowest BCUT2D eigenvalue weighted by atomic mass is 10.1. The molecule has 0 bridgehead atoms. The summed E-state index contributed by atoms with van der Waals surface area (Å²) in [6.45, 7) is 0.563. The maximum absolute atomic E-state index is 13.3. The Morgan fingerprint density at radius 3 is 2.47 bits per heavy atom. The van der Waals surface area contributed by atoms with Crippen LogP contribution >= 0.6 is 0 Å². The summed E-state index contributed by atoms with van der Waals surface area (Å²) in [5, 5.41) is 8.78. The number of carbonyl (C=O) groups excluding carboxylic acids is 1. The summed E-state index contributed by atoms with van der Waals surface area (Å²) < 4.78 is 30.8. The molecule has 2 heterocycles. The van der Waals surface area contributed by atoms with Gasteiger partial charge in [-0.1, -0.05) is 54.6 Å². The highest BCUT2D eigenvalue weighted by Gasteiger charge is 2.32. The van der Waals surface area contributed by atoms with E-state index in [2.05, 4.69) is 15.1 Å². The van der Waals surface area contributed by atoms with Crippen LogP contribution in [0.25, 0.3) is 10.8 Å². The molecule has 0 spiro atoms. The predicted octanol–water partition coefficient (Wildman–Crippen LogP) is 3.92. The minimum atomic E-state index is -3.87. The van der Waals surface area contributed by atoms with Crippen molar-refractivity contribution >= 4 is 38.3 Å². The molecule has 1 aliphatic rings. The molecule has 162 valence electrons. The number of carbonyl (C=O) groups is 1. The molecule has 1 aliphatic heterocycles. The van der Waals surface area contributed by atoms with E-state index >= 15 is 0 Å². The lowest BCUT2D eigenvalue weighted by molar-refractivity contribution is 0.212. The number of aryl methyl sites for hydroxylation is 1. The van der Waals surface area contributed by atoms with Gasteiger partial charge in [0.2, 0.25) is 0 Å². The van der Waals surface area contributed by atoms with Gasteiger partial charge in [-0.3, -0.25) is 9.40 Å². The first kappa shape index (κ1) is 20.1. The Balaban J connectivity index is 1.41. The number of nitrogens with zero attached hydrogens (tertiary/aromatic N) is 3. The Hall–Kier alpha value is -3.85. The summed E-state index contributed by atoms with van der Waals surface area (Å²) in [7, 11) is -2.18. The monoisotopic (exact) mass is 447 g/mol. The van der Waals surface area contributed by atoms with Crippen LogP contribution in [-0.4, -0.2) is 29.1 Å². The molecule has 2 amide bonds. The van der Waals surface area contributed by atoms with E-state index in [0.29, 0.717) is 34.7 Å². The van der Waals surface area contributed by atoms with Crippen LogP contribution in [0.1, 0.15) is 11.3 Å². The molecule has 0 unspecified atom stereocenters. The Kier molecular flexibility index (Phi) is 4.82. The number of hydrogen-bond acceptors (Lipinski definition) is 4. The van der Waals surface area contributed by atoms with Crippen LogP contribution in [0, 0.1) is 0 Å². The van der Waals surface area contributed by atoms with Crippen LogP contribution in [0.2, 0.25) is 0 Å². The number of nitrogens with one attached hydrogen (secondary N) is 2. The second kappa shape index (κ2) is 7.69. The van der Waals surface area contributed by atoms with Gasteiger partial charge >= 0.3 is 6.03 Å². The lowest BCUT2D eigenvalue weighted by Gasteiger charge is -2.18. The van der Waals surface area contributed by atoms with Crippen LogP contribution in [0.4, 0.5) is 16.3 Å². The third-order valence-electron chi connectivity index (χ3n) is 5.50. The second-order valence-corrected chi connectivity index (χ2v) is 9.28. The Labute approximate surface area is 185 Å². The van der Waals surface area contributed by atoms with Crippen molar-refractivity contribution < 1.29 is 13.2 Å². The quantitative estimate of drug-likeness (QED) is 0.496. The van der Waals surface area contributed by atoms with Crippen molar-refractivity contribution in [1.82, 2.24) is 14.7 Å². The van der Waals surface area contributed by atoms with Gasteiger partial charge in [0.05, 0.1) is 23.7 Å². The highest BCUT2D eigenvalue weighted by atomic mass is 32.2. The van der Waals surface area contributed by atoms with Crippen LogP contribution in [0.5, 0.6) is 0 Å². The molecule has 2 N–H and O–H groups in total. The number of benzene rings is 3. The van der Waals surface area contributed by atoms with Gasteiger partial charge in [0, 0.05) is 23.7 Å².